The predicted molar refractivity (Wildman–Crippen MR) is 179 cm³/mol. The monoisotopic (exact) mass is 720 g/mol. The number of hydrogen-bond acceptors (Lipinski definition) is 9. The standard InChI is InChI=1S/C31H32ClFN6O2S.C2HF3O2/c1-3-38(4-2)14-22(40)15-39-16-24-26(37-39)10-9-23-28-30(34-18-35-31(28)42-29(23)24)36-21-8-11-27(25(32)13-21)41-17-19-6-5-7-20(33)12-19;3-2(4,5)1(6)7/h5-8,11-13,16,18,22,40H,3-4,9-10,14-15,17H2,1-2H3,(H,34,35,36);(H,6,7)/t22-;/m1./s1. The Morgan fingerprint density at radius 2 is 1.92 bits per heavy atom. The van der Waals surface area contributed by atoms with Gasteiger partial charge >= 0.3 is 12.1 Å². The number of hydrogen-bond donors (Lipinski definition) is 3. The second-order valence-electron chi connectivity index (χ2n) is 11.2. The highest BCUT2D eigenvalue weighted by Gasteiger charge is 2.38. The molecular weight excluding hydrogens is 688 g/mol. The number of nitrogens with one attached hydrogen (secondary N) is 1. The largest absolute Gasteiger partial charge is 0.490 e. The smallest absolute Gasteiger partial charge is 0.487 e. The molecular formula is C33H33ClF4N6O4S. The molecule has 0 fully saturated rings. The summed E-state index contributed by atoms with van der Waals surface area (Å²) in [5, 5.41) is 27.5. The summed E-state index contributed by atoms with van der Waals surface area (Å²) in [6.07, 6.45) is -0.308. The van der Waals surface area contributed by atoms with Crippen molar-refractivity contribution >= 4 is 50.6 Å². The fourth-order valence-electron chi connectivity index (χ4n) is 5.39. The zero-order valence-electron chi connectivity index (χ0n) is 26.5. The lowest BCUT2D eigenvalue weighted by Crippen LogP contribution is -2.34. The highest BCUT2D eigenvalue weighted by Crippen LogP contribution is 2.45. The van der Waals surface area contributed by atoms with Crippen LogP contribution in [-0.2, 0) is 30.8 Å². The quantitative estimate of drug-likeness (QED) is 0.123. The Morgan fingerprint density at radius 1 is 1.16 bits per heavy atom. The Morgan fingerprint density at radius 3 is 2.59 bits per heavy atom. The first-order valence-corrected chi connectivity index (χ1v) is 16.5. The van der Waals surface area contributed by atoms with Crippen LogP contribution in [0.2, 0.25) is 5.02 Å². The molecule has 3 N–H and O–H groups in total. The Hall–Kier alpha value is -4.31. The number of aliphatic carboxylic acids is 1. The minimum atomic E-state index is -5.08. The normalized spacial score (nSPS) is 13.0. The lowest BCUT2D eigenvalue weighted by atomic mass is 9.95. The molecule has 1 atom stereocenters. The number of fused-ring (bicyclic) bond motifs is 5. The molecule has 1 aliphatic rings. The van der Waals surface area contributed by atoms with Crippen LogP contribution in [0.15, 0.2) is 55.0 Å². The first kappa shape index (κ1) is 36.0. The molecule has 0 saturated heterocycles. The molecule has 49 heavy (non-hydrogen) atoms. The minimum absolute atomic E-state index is 0.214. The Kier molecular flexibility index (Phi) is 11.4. The van der Waals surface area contributed by atoms with Gasteiger partial charge in [-0.1, -0.05) is 37.6 Å². The molecule has 3 heterocycles. The van der Waals surface area contributed by atoms with Gasteiger partial charge in [-0.15, -0.1) is 11.3 Å². The molecule has 10 nitrogen and oxygen atoms in total. The molecule has 1 aliphatic carbocycles. The summed E-state index contributed by atoms with van der Waals surface area (Å²) in [6.45, 7) is 7.32. The van der Waals surface area contributed by atoms with E-state index in [1.54, 1.807) is 41.9 Å². The zero-order valence-corrected chi connectivity index (χ0v) is 28.0. The number of nitrogens with zero attached hydrogens (tertiary/aromatic N) is 5. The van der Waals surface area contributed by atoms with E-state index in [4.69, 9.17) is 31.3 Å². The van der Waals surface area contributed by atoms with Gasteiger partial charge in [-0.25, -0.2) is 19.2 Å². The summed E-state index contributed by atoms with van der Waals surface area (Å²) in [4.78, 5) is 22.3. The predicted octanol–water partition coefficient (Wildman–Crippen LogP) is 7.10. The average molecular weight is 721 g/mol. The number of carboxylic acids is 1. The number of thiophene rings is 1. The van der Waals surface area contributed by atoms with Crippen molar-refractivity contribution in [3.8, 4) is 16.2 Å². The third-order valence-electron chi connectivity index (χ3n) is 7.76. The Balaban J connectivity index is 0.000000606. The summed E-state index contributed by atoms with van der Waals surface area (Å²) in [5.74, 6) is -1.83. The number of halogens is 5. The van der Waals surface area contributed by atoms with Crippen molar-refractivity contribution in [1.29, 1.82) is 0 Å². The van der Waals surface area contributed by atoms with E-state index in [9.17, 15) is 22.7 Å². The fraction of sp³-hybridized carbons (Fsp3) is 0.333. The number of alkyl halides is 3. The number of benzene rings is 2. The lowest BCUT2D eigenvalue weighted by Gasteiger charge is -2.21. The summed E-state index contributed by atoms with van der Waals surface area (Å²) in [6, 6.07) is 11.8. The van der Waals surface area contributed by atoms with Crippen molar-refractivity contribution < 1.29 is 37.3 Å². The maximum atomic E-state index is 13.5. The lowest BCUT2D eigenvalue weighted by molar-refractivity contribution is -0.192. The average Bonchev–Trinajstić information content (AvgIpc) is 3.64. The van der Waals surface area contributed by atoms with E-state index in [1.165, 1.54) is 17.7 Å². The number of likely N-dealkylation sites (N-methyl/N-ethyl adjacent to an activating group) is 1. The van der Waals surface area contributed by atoms with Gasteiger partial charge in [0.25, 0.3) is 0 Å². The van der Waals surface area contributed by atoms with E-state index in [0.29, 0.717) is 29.7 Å². The Labute approximate surface area is 287 Å². The SMILES string of the molecule is CCN(CC)C[C@@H](O)Cn1cc2c(n1)CCc1c-2sc2ncnc(Nc3ccc(OCc4cccc(F)c4)c(Cl)c3)c12.O=C(O)C(F)(F)F. The molecule has 16 heteroatoms. The van der Waals surface area contributed by atoms with Gasteiger partial charge in [-0.05, 0) is 67.4 Å². The number of aromatic nitrogens is 4. The van der Waals surface area contributed by atoms with Crippen LogP contribution in [-0.4, -0.2) is 72.7 Å². The van der Waals surface area contributed by atoms with Crippen molar-refractivity contribution in [2.45, 2.75) is 52.1 Å². The maximum absolute atomic E-state index is 13.5. The Bertz CT molecular complexity index is 1930. The van der Waals surface area contributed by atoms with Gasteiger partial charge in [0.1, 0.15) is 35.1 Å². The van der Waals surface area contributed by atoms with Gasteiger partial charge in [0.05, 0.1) is 28.8 Å². The van der Waals surface area contributed by atoms with Crippen molar-refractivity contribution in [1.82, 2.24) is 24.6 Å². The van der Waals surface area contributed by atoms with Crippen molar-refractivity contribution in [2.24, 2.45) is 0 Å². The van der Waals surface area contributed by atoms with Gasteiger partial charge in [0.2, 0.25) is 0 Å². The second-order valence-corrected chi connectivity index (χ2v) is 12.6. The number of rotatable bonds is 11. The molecule has 3 aromatic heterocycles. The molecule has 0 unspecified atom stereocenters. The van der Waals surface area contributed by atoms with E-state index in [0.717, 1.165) is 63.5 Å². The second kappa shape index (κ2) is 15.5. The van der Waals surface area contributed by atoms with Crippen LogP contribution in [0, 0.1) is 5.82 Å². The first-order chi connectivity index (χ1) is 23.4. The van der Waals surface area contributed by atoms with Crippen LogP contribution >= 0.6 is 22.9 Å². The molecule has 0 radical (unpaired) electrons. The molecule has 0 spiro atoms. The molecule has 0 amide bonds. The van der Waals surface area contributed by atoms with Gasteiger partial charge in [0, 0.05) is 28.9 Å². The zero-order chi connectivity index (χ0) is 35.3. The molecule has 0 aliphatic heterocycles. The molecule has 2 aromatic carbocycles. The van der Waals surface area contributed by atoms with E-state index in [-0.39, 0.29) is 12.4 Å². The third kappa shape index (κ3) is 8.84. The van der Waals surface area contributed by atoms with Gasteiger partial charge in [0.15, 0.2) is 0 Å². The van der Waals surface area contributed by atoms with E-state index < -0.39 is 18.2 Å². The summed E-state index contributed by atoms with van der Waals surface area (Å²) in [5.41, 5.74) is 4.85. The molecule has 0 saturated carbocycles. The van der Waals surface area contributed by atoms with Crippen molar-refractivity contribution in [2.75, 3.05) is 25.0 Å². The van der Waals surface area contributed by atoms with E-state index in [2.05, 4.69) is 40.2 Å². The van der Waals surface area contributed by atoms with E-state index >= 15 is 0 Å². The molecule has 5 aromatic rings. The van der Waals surface area contributed by atoms with Gasteiger partial charge in [-0.2, -0.15) is 18.3 Å². The maximum Gasteiger partial charge on any atom is 0.490 e. The minimum Gasteiger partial charge on any atom is -0.487 e. The van der Waals surface area contributed by atoms with Crippen molar-refractivity contribution in [3.05, 3.63) is 82.6 Å². The van der Waals surface area contributed by atoms with Crippen molar-refractivity contribution in [3.63, 3.8) is 0 Å². The van der Waals surface area contributed by atoms with Crippen LogP contribution in [0.1, 0.15) is 30.7 Å². The number of carbonyl (C=O) groups is 1. The van der Waals surface area contributed by atoms with Crippen LogP contribution in [0.4, 0.5) is 29.1 Å². The molecule has 0 bridgehead atoms. The van der Waals surface area contributed by atoms with Crippen LogP contribution in [0.3, 0.4) is 0 Å². The summed E-state index contributed by atoms with van der Waals surface area (Å²) in [7, 11) is 0. The van der Waals surface area contributed by atoms with Crippen LogP contribution in [0.25, 0.3) is 20.7 Å². The molecule has 6 rings (SSSR count). The number of anilines is 2. The van der Waals surface area contributed by atoms with E-state index in [1.807, 2.05) is 10.7 Å². The highest BCUT2D eigenvalue weighted by molar-refractivity contribution is 7.22. The summed E-state index contributed by atoms with van der Waals surface area (Å²) >= 11 is 8.19. The highest BCUT2D eigenvalue weighted by atomic mass is 35.5. The third-order valence-corrected chi connectivity index (χ3v) is 9.23. The summed E-state index contributed by atoms with van der Waals surface area (Å²) < 4.78 is 52.9. The van der Waals surface area contributed by atoms with Gasteiger partial charge < -0.3 is 25.2 Å². The fourth-order valence-corrected chi connectivity index (χ4v) is 6.85. The first-order valence-electron chi connectivity index (χ1n) is 15.3. The topological polar surface area (TPSA) is 126 Å². The van der Waals surface area contributed by atoms with Gasteiger partial charge in [-0.3, -0.25) is 4.68 Å². The number of aliphatic hydroxyl groups excluding tert-OH is 1. The molecule has 260 valence electrons. The number of carboxylic acid groups (broad SMARTS) is 1. The number of aliphatic hydroxyl groups is 1. The number of ether oxygens (including phenoxy) is 1. The number of aryl methyl sites for hydroxylation is 2. The van der Waals surface area contributed by atoms with Crippen LogP contribution in [0.5, 0.6) is 5.75 Å². The van der Waals surface area contributed by atoms with Crippen LogP contribution < -0.4 is 10.1 Å².